The molecule has 3 aromatic rings. The smallest absolute Gasteiger partial charge is 0.309 e. The number of aryl methyl sites for hydroxylation is 1. The van der Waals surface area contributed by atoms with Crippen LogP contribution in [-0.2, 0) is 24.3 Å². The number of esters is 1. The summed E-state index contributed by atoms with van der Waals surface area (Å²) in [7, 11) is 0. The number of carbonyl (C=O) groups is 1. The molecule has 0 bridgehead atoms. The van der Waals surface area contributed by atoms with E-state index in [0.717, 1.165) is 28.8 Å². The van der Waals surface area contributed by atoms with Crippen molar-refractivity contribution in [1.29, 1.82) is 0 Å². The first-order chi connectivity index (χ1) is 13.0. The van der Waals surface area contributed by atoms with Crippen LogP contribution in [0.1, 0.15) is 30.5 Å². The minimum Gasteiger partial charge on any atom is -0.406 e. The number of nitrogens with two attached hydrogens (primary N) is 1. The van der Waals surface area contributed by atoms with Crippen LogP contribution >= 0.6 is 11.6 Å². The fourth-order valence-corrected chi connectivity index (χ4v) is 3.08. The number of rotatable bonds is 6. The maximum Gasteiger partial charge on any atom is 0.309 e. The van der Waals surface area contributed by atoms with Crippen LogP contribution in [0.4, 0.5) is 0 Å². The van der Waals surface area contributed by atoms with E-state index in [1.54, 1.807) is 6.07 Å². The van der Waals surface area contributed by atoms with Crippen LogP contribution in [0.15, 0.2) is 48.5 Å². The van der Waals surface area contributed by atoms with Gasteiger partial charge in [-0.2, -0.15) is 0 Å². The topological polar surface area (TPSA) is 70.1 Å². The second-order valence-electron chi connectivity index (χ2n) is 6.30. The molecule has 0 unspecified atom stereocenters. The van der Waals surface area contributed by atoms with Crippen LogP contribution in [0.2, 0.25) is 5.02 Å². The van der Waals surface area contributed by atoms with Crippen LogP contribution < -0.4 is 10.5 Å². The van der Waals surface area contributed by atoms with Crippen LogP contribution in [0.5, 0.6) is 5.88 Å². The van der Waals surface area contributed by atoms with Crippen LogP contribution in [0.25, 0.3) is 11.3 Å². The molecule has 0 radical (unpaired) electrons. The number of hydrogen-bond acceptors (Lipinski definition) is 4. The largest absolute Gasteiger partial charge is 0.406 e. The fraction of sp³-hybridized carbons (Fsp3) is 0.238. The van der Waals surface area contributed by atoms with E-state index in [9.17, 15) is 4.79 Å². The number of ether oxygens (including phenoxy) is 1. The zero-order chi connectivity index (χ0) is 19.4. The Hall–Kier alpha value is -2.63. The Bertz CT molecular complexity index is 949. The van der Waals surface area contributed by atoms with E-state index in [-0.39, 0.29) is 5.88 Å². The van der Waals surface area contributed by atoms with Crippen molar-refractivity contribution in [1.82, 2.24) is 9.78 Å². The van der Waals surface area contributed by atoms with Crippen LogP contribution in [0, 0.1) is 0 Å². The van der Waals surface area contributed by atoms with Gasteiger partial charge in [0.15, 0.2) is 0 Å². The molecule has 1 aromatic heterocycles. The third-order valence-corrected chi connectivity index (χ3v) is 4.70. The Labute approximate surface area is 163 Å². The van der Waals surface area contributed by atoms with Gasteiger partial charge in [-0.25, -0.2) is 0 Å². The van der Waals surface area contributed by atoms with Gasteiger partial charge < -0.3 is 10.5 Å². The first-order valence-electron chi connectivity index (χ1n) is 8.83. The second-order valence-corrected chi connectivity index (χ2v) is 6.71. The molecule has 2 aromatic carbocycles. The first-order valence-corrected chi connectivity index (χ1v) is 9.21. The highest BCUT2D eigenvalue weighted by Gasteiger charge is 2.14. The Morgan fingerprint density at radius 1 is 1.15 bits per heavy atom. The van der Waals surface area contributed by atoms with Gasteiger partial charge in [-0.3, -0.25) is 9.48 Å². The fourth-order valence-electron chi connectivity index (χ4n) is 2.89. The quantitative estimate of drug-likeness (QED) is 0.647. The summed E-state index contributed by atoms with van der Waals surface area (Å²) in [5.41, 5.74) is 10.8. The van der Waals surface area contributed by atoms with Crippen molar-refractivity contribution >= 4 is 17.6 Å². The van der Waals surface area contributed by atoms with Crippen LogP contribution in [0.3, 0.4) is 0 Å². The standard InChI is InChI=1S/C21H22ClN3O2/c1-3-15-4-6-16(7-5-15)13-25-20(11-21(24-25)27-14(2)26)17-8-9-19(22)18(10-17)12-23/h4-11H,3,12-13,23H2,1-2H3. The van der Waals surface area contributed by atoms with E-state index in [1.165, 1.54) is 12.5 Å². The summed E-state index contributed by atoms with van der Waals surface area (Å²) >= 11 is 6.18. The van der Waals surface area contributed by atoms with Crippen molar-refractivity contribution in [2.75, 3.05) is 0 Å². The van der Waals surface area contributed by atoms with Gasteiger partial charge in [0.2, 0.25) is 5.88 Å². The average Bonchev–Trinajstić information content (AvgIpc) is 3.04. The number of carbonyl (C=O) groups excluding carboxylic acids is 1. The third kappa shape index (κ3) is 4.56. The van der Waals surface area contributed by atoms with Gasteiger partial charge in [0.25, 0.3) is 0 Å². The highest BCUT2D eigenvalue weighted by molar-refractivity contribution is 6.31. The molecule has 0 amide bonds. The molecule has 0 spiro atoms. The van der Waals surface area contributed by atoms with Crippen LogP contribution in [-0.4, -0.2) is 15.7 Å². The van der Waals surface area contributed by atoms with E-state index in [1.807, 2.05) is 22.9 Å². The minimum absolute atomic E-state index is 0.270. The molecule has 140 valence electrons. The second kappa shape index (κ2) is 8.37. The molecule has 1 heterocycles. The maximum absolute atomic E-state index is 11.3. The Balaban J connectivity index is 2.00. The van der Waals surface area contributed by atoms with E-state index in [2.05, 4.69) is 36.3 Å². The molecular weight excluding hydrogens is 362 g/mol. The number of aromatic nitrogens is 2. The number of hydrogen-bond donors (Lipinski definition) is 1. The van der Waals surface area contributed by atoms with Gasteiger partial charge in [-0.05, 0) is 35.2 Å². The molecule has 0 aliphatic carbocycles. The Morgan fingerprint density at radius 3 is 2.48 bits per heavy atom. The third-order valence-electron chi connectivity index (χ3n) is 4.33. The molecule has 0 aliphatic rings. The van der Waals surface area contributed by atoms with Crippen molar-refractivity contribution < 1.29 is 9.53 Å². The summed E-state index contributed by atoms with van der Waals surface area (Å²) in [6, 6.07) is 15.8. The summed E-state index contributed by atoms with van der Waals surface area (Å²) in [6.07, 6.45) is 0.997. The van der Waals surface area contributed by atoms with Crippen molar-refractivity contribution in [3.05, 3.63) is 70.2 Å². The van der Waals surface area contributed by atoms with E-state index >= 15 is 0 Å². The van der Waals surface area contributed by atoms with E-state index in [4.69, 9.17) is 22.1 Å². The highest BCUT2D eigenvalue weighted by Crippen LogP contribution is 2.28. The van der Waals surface area contributed by atoms with E-state index < -0.39 is 5.97 Å². The van der Waals surface area contributed by atoms with Gasteiger partial charge in [0.05, 0.1) is 12.2 Å². The minimum atomic E-state index is -0.405. The average molecular weight is 384 g/mol. The SMILES string of the molecule is CCc1ccc(Cn2nc(OC(C)=O)cc2-c2ccc(Cl)c(CN)c2)cc1. The number of nitrogens with zero attached hydrogens (tertiary/aromatic N) is 2. The predicted molar refractivity (Wildman–Crippen MR) is 107 cm³/mol. The van der Waals surface area contributed by atoms with E-state index in [0.29, 0.717) is 18.1 Å². The molecule has 0 aliphatic heterocycles. The highest BCUT2D eigenvalue weighted by atomic mass is 35.5. The number of halogens is 1. The van der Waals surface area contributed by atoms with Gasteiger partial charge in [-0.1, -0.05) is 48.9 Å². The monoisotopic (exact) mass is 383 g/mol. The zero-order valence-corrected chi connectivity index (χ0v) is 16.2. The van der Waals surface area contributed by atoms with Gasteiger partial charge in [0.1, 0.15) is 0 Å². The van der Waals surface area contributed by atoms with Crippen molar-refractivity contribution in [3.8, 4) is 17.1 Å². The van der Waals surface area contributed by atoms with Crippen molar-refractivity contribution in [3.63, 3.8) is 0 Å². The molecule has 5 nitrogen and oxygen atoms in total. The molecule has 0 saturated heterocycles. The lowest BCUT2D eigenvalue weighted by Crippen LogP contribution is -2.06. The predicted octanol–water partition coefficient (Wildman–Crippen LogP) is 4.20. The molecule has 0 saturated carbocycles. The molecule has 0 atom stereocenters. The lowest BCUT2D eigenvalue weighted by Gasteiger charge is -2.10. The summed E-state index contributed by atoms with van der Waals surface area (Å²) in [5.74, 6) is -0.135. The lowest BCUT2D eigenvalue weighted by molar-refractivity contribution is -0.132. The summed E-state index contributed by atoms with van der Waals surface area (Å²) in [4.78, 5) is 11.3. The normalized spacial score (nSPS) is 10.8. The van der Waals surface area contributed by atoms with Crippen molar-refractivity contribution in [2.24, 2.45) is 5.73 Å². The zero-order valence-electron chi connectivity index (χ0n) is 15.4. The first kappa shape index (κ1) is 19.1. The molecule has 27 heavy (non-hydrogen) atoms. The number of benzene rings is 2. The van der Waals surface area contributed by atoms with Crippen molar-refractivity contribution in [2.45, 2.75) is 33.4 Å². The molecule has 0 fully saturated rings. The summed E-state index contributed by atoms with van der Waals surface area (Å²) < 4.78 is 7.01. The maximum atomic E-state index is 11.3. The summed E-state index contributed by atoms with van der Waals surface area (Å²) in [5, 5.41) is 5.08. The molecule has 2 N–H and O–H groups in total. The Kier molecular flexibility index (Phi) is 5.94. The Morgan fingerprint density at radius 2 is 1.85 bits per heavy atom. The summed E-state index contributed by atoms with van der Waals surface area (Å²) in [6.45, 7) is 4.38. The molecule has 3 rings (SSSR count). The molecular formula is C21H22ClN3O2. The molecule has 6 heteroatoms. The van der Waals surface area contributed by atoms with Gasteiger partial charge in [-0.15, -0.1) is 5.10 Å². The van der Waals surface area contributed by atoms with Gasteiger partial charge in [0, 0.05) is 30.1 Å². The lowest BCUT2D eigenvalue weighted by atomic mass is 10.1. The van der Waals surface area contributed by atoms with Gasteiger partial charge >= 0.3 is 5.97 Å².